The van der Waals surface area contributed by atoms with Crippen molar-refractivity contribution in [1.82, 2.24) is 0 Å². The number of hydrogen-bond donors (Lipinski definition) is 2. The molecule has 0 saturated carbocycles. The predicted octanol–water partition coefficient (Wildman–Crippen LogP) is 2.25. The summed E-state index contributed by atoms with van der Waals surface area (Å²) in [5.74, 6) is 0.0188. The Morgan fingerprint density at radius 2 is 2.14 bits per heavy atom. The fourth-order valence-electron chi connectivity index (χ4n) is 1.75. The van der Waals surface area contributed by atoms with Gasteiger partial charge in [0.2, 0.25) is 0 Å². The molecule has 3 N–H and O–H groups in total. The molecule has 0 aromatic heterocycles. The molecular formula is C11H23NO2. The van der Waals surface area contributed by atoms with Crippen molar-refractivity contribution in [3.05, 3.63) is 0 Å². The Balaban J connectivity index is 3.73. The molecule has 0 aliphatic carbocycles. The van der Waals surface area contributed by atoms with Crippen LogP contribution < -0.4 is 5.73 Å². The summed E-state index contributed by atoms with van der Waals surface area (Å²) >= 11 is 0. The van der Waals surface area contributed by atoms with Crippen LogP contribution in [0.1, 0.15) is 46.0 Å². The van der Waals surface area contributed by atoms with Crippen LogP contribution in [0.3, 0.4) is 0 Å². The quantitative estimate of drug-likeness (QED) is 0.633. The van der Waals surface area contributed by atoms with Crippen LogP contribution in [0.2, 0.25) is 0 Å². The zero-order valence-corrected chi connectivity index (χ0v) is 9.33. The monoisotopic (exact) mass is 201 g/mol. The van der Waals surface area contributed by atoms with Gasteiger partial charge in [-0.15, -0.1) is 0 Å². The van der Waals surface area contributed by atoms with E-state index in [4.69, 9.17) is 10.8 Å². The highest BCUT2D eigenvalue weighted by Gasteiger charge is 2.14. The van der Waals surface area contributed by atoms with Crippen LogP contribution in [-0.4, -0.2) is 17.6 Å². The summed E-state index contributed by atoms with van der Waals surface area (Å²) in [6.07, 6.45) is 4.78. The molecular weight excluding hydrogens is 178 g/mol. The van der Waals surface area contributed by atoms with Crippen LogP contribution in [-0.2, 0) is 4.79 Å². The lowest BCUT2D eigenvalue weighted by Crippen LogP contribution is -2.20. The molecule has 0 spiro atoms. The fourth-order valence-corrected chi connectivity index (χ4v) is 1.75. The van der Waals surface area contributed by atoms with Crippen molar-refractivity contribution >= 4 is 5.97 Å². The Labute approximate surface area is 86.7 Å². The van der Waals surface area contributed by atoms with Crippen molar-refractivity contribution in [2.75, 3.05) is 6.54 Å². The van der Waals surface area contributed by atoms with E-state index in [2.05, 4.69) is 13.8 Å². The molecule has 0 aromatic rings. The van der Waals surface area contributed by atoms with E-state index in [0.29, 0.717) is 12.5 Å². The first-order chi connectivity index (χ1) is 6.60. The summed E-state index contributed by atoms with van der Waals surface area (Å²) in [5.41, 5.74) is 5.53. The topological polar surface area (TPSA) is 63.3 Å². The highest BCUT2D eigenvalue weighted by molar-refractivity contribution is 5.67. The molecule has 0 amide bonds. The van der Waals surface area contributed by atoms with Crippen LogP contribution in [0.25, 0.3) is 0 Å². The van der Waals surface area contributed by atoms with Gasteiger partial charge in [0.25, 0.3) is 0 Å². The minimum absolute atomic E-state index is 0.152. The molecule has 0 aromatic carbocycles. The first kappa shape index (κ1) is 13.4. The van der Waals surface area contributed by atoms with Crippen molar-refractivity contribution in [3.8, 4) is 0 Å². The number of carboxylic acid groups (broad SMARTS) is 1. The molecule has 84 valence electrons. The number of hydrogen-bond acceptors (Lipinski definition) is 2. The molecule has 2 atom stereocenters. The molecule has 0 heterocycles. The van der Waals surface area contributed by atoms with E-state index >= 15 is 0 Å². The maximum absolute atomic E-state index is 10.5. The molecule has 0 aliphatic rings. The Morgan fingerprint density at radius 3 is 2.57 bits per heavy atom. The summed E-state index contributed by atoms with van der Waals surface area (Å²) in [4.78, 5) is 10.5. The molecule has 0 fully saturated rings. The largest absolute Gasteiger partial charge is 0.481 e. The number of unbranched alkanes of at least 4 members (excludes halogenated alkanes) is 1. The molecule has 3 nitrogen and oxygen atoms in total. The zero-order valence-electron chi connectivity index (χ0n) is 9.33. The highest BCUT2D eigenvalue weighted by atomic mass is 16.4. The van der Waals surface area contributed by atoms with Gasteiger partial charge in [-0.3, -0.25) is 4.79 Å². The number of carbonyl (C=O) groups is 1. The molecule has 0 unspecified atom stereocenters. The van der Waals surface area contributed by atoms with E-state index in [-0.39, 0.29) is 12.3 Å². The number of nitrogens with two attached hydrogens (primary N) is 1. The SMILES string of the molecule is CCCC[C@@H](C)C[C@@H](CN)CC(=O)O. The first-order valence-corrected chi connectivity index (χ1v) is 5.52. The second kappa shape index (κ2) is 7.80. The summed E-state index contributed by atoms with van der Waals surface area (Å²) in [7, 11) is 0. The predicted molar refractivity (Wildman–Crippen MR) is 58.1 cm³/mol. The van der Waals surface area contributed by atoms with E-state index in [0.717, 1.165) is 6.42 Å². The third kappa shape index (κ3) is 6.89. The van der Waals surface area contributed by atoms with Gasteiger partial charge in [0.05, 0.1) is 0 Å². The summed E-state index contributed by atoms with van der Waals surface area (Å²) in [6, 6.07) is 0. The van der Waals surface area contributed by atoms with Crippen molar-refractivity contribution in [2.24, 2.45) is 17.6 Å². The van der Waals surface area contributed by atoms with Crippen molar-refractivity contribution in [3.63, 3.8) is 0 Å². The van der Waals surface area contributed by atoms with Crippen LogP contribution in [0, 0.1) is 11.8 Å². The van der Waals surface area contributed by atoms with Gasteiger partial charge in [-0.25, -0.2) is 0 Å². The Morgan fingerprint density at radius 1 is 1.50 bits per heavy atom. The maximum Gasteiger partial charge on any atom is 0.303 e. The summed E-state index contributed by atoms with van der Waals surface area (Å²) in [6.45, 7) is 4.84. The standard InChI is InChI=1S/C11H23NO2/c1-3-4-5-9(2)6-10(8-12)7-11(13)14/h9-10H,3-8,12H2,1-2H3,(H,13,14)/t9-,10-/m1/s1. The van der Waals surface area contributed by atoms with Gasteiger partial charge in [0, 0.05) is 6.42 Å². The molecule has 0 bridgehead atoms. The third-order valence-electron chi connectivity index (χ3n) is 2.58. The smallest absolute Gasteiger partial charge is 0.303 e. The molecule has 14 heavy (non-hydrogen) atoms. The Bertz CT molecular complexity index is 159. The van der Waals surface area contributed by atoms with Crippen LogP contribution in [0.15, 0.2) is 0 Å². The Kier molecular flexibility index (Phi) is 7.48. The van der Waals surface area contributed by atoms with Crippen LogP contribution >= 0.6 is 0 Å². The lowest BCUT2D eigenvalue weighted by molar-refractivity contribution is -0.138. The van der Waals surface area contributed by atoms with Gasteiger partial charge < -0.3 is 10.8 Å². The zero-order chi connectivity index (χ0) is 11.0. The average molecular weight is 201 g/mol. The summed E-state index contributed by atoms with van der Waals surface area (Å²) < 4.78 is 0. The van der Waals surface area contributed by atoms with E-state index in [1.54, 1.807) is 0 Å². The number of rotatable bonds is 8. The number of aliphatic carboxylic acids is 1. The van der Waals surface area contributed by atoms with Crippen molar-refractivity contribution in [2.45, 2.75) is 46.0 Å². The van der Waals surface area contributed by atoms with Crippen LogP contribution in [0.4, 0.5) is 0 Å². The van der Waals surface area contributed by atoms with Gasteiger partial charge in [0.15, 0.2) is 0 Å². The lowest BCUT2D eigenvalue weighted by atomic mass is 9.90. The van der Waals surface area contributed by atoms with E-state index in [1.165, 1.54) is 19.3 Å². The first-order valence-electron chi connectivity index (χ1n) is 5.52. The summed E-state index contributed by atoms with van der Waals surface area (Å²) in [5, 5.41) is 8.65. The molecule has 3 heteroatoms. The van der Waals surface area contributed by atoms with Gasteiger partial charge >= 0.3 is 5.97 Å². The van der Waals surface area contributed by atoms with Gasteiger partial charge in [-0.2, -0.15) is 0 Å². The van der Waals surface area contributed by atoms with Gasteiger partial charge in [0.1, 0.15) is 0 Å². The van der Waals surface area contributed by atoms with Gasteiger partial charge in [-0.05, 0) is 24.8 Å². The van der Waals surface area contributed by atoms with Crippen LogP contribution in [0.5, 0.6) is 0 Å². The third-order valence-corrected chi connectivity index (χ3v) is 2.58. The van der Waals surface area contributed by atoms with E-state index < -0.39 is 5.97 Å². The fraction of sp³-hybridized carbons (Fsp3) is 0.909. The maximum atomic E-state index is 10.5. The average Bonchev–Trinajstić information content (AvgIpc) is 2.12. The minimum Gasteiger partial charge on any atom is -0.481 e. The highest BCUT2D eigenvalue weighted by Crippen LogP contribution is 2.19. The molecule has 0 aliphatic heterocycles. The minimum atomic E-state index is -0.733. The normalized spacial score (nSPS) is 15.1. The second-order valence-electron chi connectivity index (χ2n) is 4.18. The van der Waals surface area contributed by atoms with E-state index in [1.807, 2.05) is 0 Å². The van der Waals surface area contributed by atoms with Crippen molar-refractivity contribution in [1.29, 1.82) is 0 Å². The lowest BCUT2D eigenvalue weighted by Gasteiger charge is -2.17. The Hall–Kier alpha value is -0.570. The number of carboxylic acids is 1. The molecule has 0 rings (SSSR count). The second-order valence-corrected chi connectivity index (χ2v) is 4.18. The van der Waals surface area contributed by atoms with E-state index in [9.17, 15) is 4.79 Å². The van der Waals surface area contributed by atoms with Gasteiger partial charge in [-0.1, -0.05) is 33.1 Å². The van der Waals surface area contributed by atoms with Crippen molar-refractivity contribution < 1.29 is 9.90 Å². The molecule has 0 radical (unpaired) electrons. The molecule has 0 saturated heterocycles.